The predicted molar refractivity (Wildman–Crippen MR) is 86.1 cm³/mol. The first-order valence-electron chi connectivity index (χ1n) is 6.13. The standard InChI is InChI=1S/C15H16BrN3O/c1-20-14-8-6-13(7-9-14)19-15(17)18-10-11-2-4-12(16)5-3-11/h2-9H,10H2,1H3,(H3,17,18,19). The van der Waals surface area contributed by atoms with Gasteiger partial charge < -0.3 is 15.8 Å². The highest BCUT2D eigenvalue weighted by atomic mass is 79.9. The van der Waals surface area contributed by atoms with Gasteiger partial charge in [-0.1, -0.05) is 28.1 Å². The summed E-state index contributed by atoms with van der Waals surface area (Å²) in [7, 11) is 1.64. The van der Waals surface area contributed by atoms with Crippen LogP contribution < -0.4 is 15.8 Å². The quantitative estimate of drug-likeness (QED) is 0.666. The number of hydrogen-bond acceptors (Lipinski definition) is 2. The Kier molecular flexibility index (Phi) is 5.01. The molecule has 0 spiro atoms. The fraction of sp³-hybridized carbons (Fsp3) is 0.133. The Morgan fingerprint density at radius 1 is 1.15 bits per heavy atom. The second-order valence-electron chi connectivity index (χ2n) is 4.18. The fourth-order valence-electron chi connectivity index (χ4n) is 1.63. The van der Waals surface area contributed by atoms with Crippen LogP contribution in [0, 0.1) is 0 Å². The van der Waals surface area contributed by atoms with Crippen molar-refractivity contribution in [1.82, 2.24) is 0 Å². The van der Waals surface area contributed by atoms with Crippen molar-refractivity contribution in [3.8, 4) is 5.75 Å². The van der Waals surface area contributed by atoms with E-state index in [-0.39, 0.29) is 0 Å². The van der Waals surface area contributed by atoms with Crippen molar-refractivity contribution >= 4 is 27.6 Å². The molecule has 0 aliphatic heterocycles. The lowest BCUT2D eigenvalue weighted by Crippen LogP contribution is -2.22. The molecule has 0 radical (unpaired) electrons. The zero-order chi connectivity index (χ0) is 14.4. The molecule has 0 fully saturated rings. The minimum absolute atomic E-state index is 0.387. The van der Waals surface area contributed by atoms with Crippen molar-refractivity contribution in [2.24, 2.45) is 10.7 Å². The summed E-state index contributed by atoms with van der Waals surface area (Å²) in [6.45, 7) is 0.544. The van der Waals surface area contributed by atoms with E-state index in [1.807, 2.05) is 48.5 Å². The number of rotatable bonds is 4. The number of aliphatic imine (C=N–C) groups is 1. The summed E-state index contributed by atoms with van der Waals surface area (Å²) < 4.78 is 6.15. The van der Waals surface area contributed by atoms with E-state index in [0.29, 0.717) is 12.5 Å². The van der Waals surface area contributed by atoms with Gasteiger partial charge in [0.1, 0.15) is 5.75 Å². The maximum absolute atomic E-state index is 5.85. The second kappa shape index (κ2) is 6.96. The second-order valence-corrected chi connectivity index (χ2v) is 5.10. The molecule has 0 aliphatic rings. The van der Waals surface area contributed by atoms with Crippen molar-refractivity contribution in [2.75, 3.05) is 12.4 Å². The van der Waals surface area contributed by atoms with Crippen molar-refractivity contribution < 1.29 is 4.74 Å². The van der Waals surface area contributed by atoms with Crippen LogP contribution in [0.2, 0.25) is 0 Å². The molecule has 0 unspecified atom stereocenters. The van der Waals surface area contributed by atoms with Gasteiger partial charge in [0.2, 0.25) is 0 Å². The van der Waals surface area contributed by atoms with Crippen molar-refractivity contribution in [3.05, 3.63) is 58.6 Å². The molecule has 3 N–H and O–H groups in total. The maximum Gasteiger partial charge on any atom is 0.193 e. The summed E-state index contributed by atoms with van der Waals surface area (Å²) in [4.78, 5) is 4.30. The molecule has 2 aromatic carbocycles. The van der Waals surface area contributed by atoms with Gasteiger partial charge in [-0.05, 0) is 42.0 Å². The molecule has 5 heteroatoms. The highest BCUT2D eigenvalue weighted by Crippen LogP contribution is 2.15. The van der Waals surface area contributed by atoms with E-state index < -0.39 is 0 Å². The number of nitrogens with zero attached hydrogens (tertiary/aromatic N) is 1. The highest BCUT2D eigenvalue weighted by molar-refractivity contribution is 9.10. The molecular weight excluding hydrogens is 318 g/mol. The lowest BCUT2D eigenvalue weighted by Gasteiger charge is -2.06. The number of anilines is 1. The molecule has 0 amide bonds. The topological polar surface area (TPSA) is 59.6 Å². The van der Waals surface area contributed by atoms with Gasteiger partial charge in [0, 0.05) is 10.2 Å². The van der Waals surface area contributed by atoms with E-state index in [0.717, 1.165) is 21.5 Å². The highest BCUT2D eigenvalue weighted by Gasteiger charge is 1.97. The zero-order valence-electron chi connectivity index (χ0n) is 11.1. The minimum atomic E-state index is 0.387. The van der Waals surface area contributed by atoms with Crippen LogP contribution >= 0.6 is 15.9 Å². The van der Waals surface area contributed by atoms with Crippen LogP contribution in [0.15, 0.2) is 58.0 Å². The van der Waals surface area contributed by atoms with Crippen LogP contribution in [0.5, 0.6) is 5.75 Å². The molecular formula is C15H16BrN3O. The van der Waals surface area contributed by atoms with Crippen LogP contribution in [-0.2, 0) is 6.54 Å². The van der Waals surface area contributed by atoms with E-state index in [9.17, 15) is 0 Å². The summed E-state index contributed by atoms with van der Waals surface area (Å²) in [6, 6.07) is 15.5. The molecule has 0 heterocycles. The normalized spacial score (nSPS) is 11.2. The summed E-state index contributed by atoms with van der Waals surface area (Å²) in [5, 5.41) is 3.04. The third-order valence-electron chi connectivity index (χ3n) is 2.71. The molecule has 0 bridgehead atoms. The Hall–Kier alpha value is -2.01. The smallest absolute Gasteiger partial charge is 0.193 e. The average Bonchev–Trinajstić information content (AvgIpc) is 2.47. The van der Waals surface area contributed by atoms with Gasteiger partial charge in [0.25, 0.3) is 0 Å². The molecule has 0 aliphatic carbocycles. The van der Waals surface area contributed by atoms with E-state index >= 15 is 0 Å². The molecule has 2 aromatic rings. The van der Waals surface area contributed by atoms with E-state index in [2.05, 4.69) is 26.2 Å². The third kappa shape index (κ3) is 4.28. The lowest BCUT2D eigenvalue weighted by atomic mass is 10.2. The Morgan fingerprint density at radius 2 is 1.80 bits per heavy atom. The van der Waals surface area contributed by atoms with Crippen LogP contribution in [0.3, 0.4) is 0 Å². The summed E-state index contributed by atoms with van der Waals surface area (Å²) >= 11 is 3.40. The number of halogens is 1. The number of ether oxygens (including phenoxy) is 1. The molecule has 0 atom stereocenters. The first-order valence-corrected chi connectivity index (χ1v) is 6.92. The number of guanidine groups is 1. The van der Waals surface area contributed by atoms with Crippen LogP contribution in [0.1, 0.15) is 5.56 Å². The van der Waals surface area contributed by atoms with Crippen LogP contribution in [0.4, 0.5) is 5.69 Å². The molecule has 0 saturated carbocycles. The summed E-state index contributed by atoms with van der Waals surface area (Å²) in [6.07, 6.45) is 0. The van der Waals surface area contributed by atoms with Gasteiger partial charge in [-0.25, -0.2) is 4.99 Å². The molecule has 4 nitrogen and oxygen atoms in total. The molecule has 0 saturated heterocycles. The SMILES string of the molecule is COc1ccc(NC(N)=NCc2ccc(Br)cc2)cc1. The van der Waals surface area contributed by atoms with Crippen molar-refractivity contribution in [1.29, 1.82) is 0 Å². The van der Waals surface area contributed by atoms with Crippen LogP contribution in [-0.4, -0.2) is 13.1 Å². The minimum Gasteiger partial charge on any atom is -0.497 e. The summed E-state index contributed by atoms with van der Waals surface area (Å²) in [5.41, 5.74) is 7.83. The number of hydrogen-bond donors (Lipinski definition) is 2. The maximum atomic E-state index is 5.85. The Bertz CT molecular complexity index is 579. The first-order chi connectivity index (χ1) is 9.67. The first kappa shape index (κ1) is 14.4. The Labute approximate surface area is 126 Å². The Morgan fingerprint density at radius 3 is 2.40 bits per heavy atom. The molecule has 104 valence electrons. The number of methoxy groups -OCH3 is 1. The van der Waals surface area contributed by atoms with Gasteiger partial charge in [0.15, 0.2) is 5.96 Å². The van der Waals surface area contributed by atoms with Gasteiger partial charge in [0.05, 0.1) is 13.7 Å². The van der Waals surface area contributed by atoms with Crippen molar-refractivity contribution in [3.63, 3.8) is 0 Å². The van der Waals surface area contributed by atoms with Gasteiger partial charge in [-0.3, -0.25) is 0 Å². The van der Waals surface area contributed by atoms with Gasteiger partial charge in [-0.2, -0.15) is 0 Å². The van der Waals surface area contributed by atoms with Crippen LogP contribution in [0.25, 0.3) is 0 Å². The third-order valence-corrected chi connectivity index (χ3v) is 3.24. The zero-order valence-corrected chi connectivity index (χ0v) is 12.7. The number of nitrogens with one attached hydrogen (secondary N) is 1. The predicted octanol–water partition coefficient (Wildman–Crippen LogP) is 3.38. The fourth-order valence-corrected chi connectivity index (χ4v) is 1.89. The number of nitrogens with two attached hydrogens (primary N) is 1. The van der Waals surface area contributed by atoms with E-state index in [4.69, 9.17) is 10.5 Å². The lowest BCUT2D eigenvalue weighted by molar-refractivity contribution is 0.415. The van der Waals surface area contributed by atoms with E-state index in [1.165, 1.54) is 0 Å². The monoisotopic (exact) mass is 333 g/mol. The summed E-state index contributed by atoms with van der Waals surface area (Å²) in [5.74, 6) is 1.19. The molecule has 20 heavy (non-hydrogen) atoms. The molecule has 2 rings (SSSR count). The number of benzene rings is 2. The molecule has 0 aromatic heterocycles. The van der Waals surface area contributed by atoms with Gasteiger partial charge in [-0.15, -0.1) is 0 Å². The van der Waals surface area contributed by atoms with Gasteiger partial charge >= 0.3 is 0 Å². The Balaban J connectivity index is 1.94. The van der Waals surface area contributed by atoms with E-state index in [1.54, 1.807) is 7.11 Å². The average molecular weight is 334 g/mol. The largest absolute Gasteiger partial charge is 0.497 e. The van der Waals surface area contributed by atoms with Crippen molar-refractivity contribution in [2.45, 2.75) is 6.54 Å².